The number of halogens is 3. The molecule has 0 saturated heterocycles. The van der Waals surface area contributed by atoms with Crippen molar-refractivity contribution in [1.29, 1.82) is 0 Å². The maximum absolute atomic E-state index is 13.8. The van der Waals surface area contributed by atoms with Crippen LogP contribution in [-0.2, 0) is 18.0 Å². The molecule has 0 spiro atoms. The molecule has 37 heavy (non-hydrogen) atoms. The van der Waals surface area contributed by atoms with Crippen molar-refractivity contribution in [2.75, 3.05) is 6.54 Å². The molecule has 194 valence electrons. The number of fused-ring (bicyclic) bond motifs is 1. The fourth-order valence-corrected chi connectivity index (χ4v) is 5.01. The Labute approximate surface area is 211 Å². The minimum atomic E-state index is -4.63. The number of H-pyrrole nitrogens is 1. The molecule has 3 aromatic heterocycles. The van der Waals surface area contributed by atoms with Gasteiger partial charge in [-0.2, -0.15) is 18.3 Å². The van der Waals surface area contributed by atoms with Gasteiger partial charge in [0, 0.05) is 43.3 Å². The fourth-order valence-electron chi connectivity index (χ4n) is 5.01. The second-order valence-corrected chi connectivity index (χ2v) is 9.82. The molecule has 8 nitrogen and oxygen atoms in total. The highest BCUT2D eigenvalue weighted by atomic mass is 19.4. The van der Waals surface area contributed by atoms with E-state index in [1.54, 1.807) is 13.3 Å². The van der Waals surface area contributed by atoms with E-state index in [0.29, 0.717) is 28.1 Å². The quantitative estimate of drug-likeness (QED) is 0.366. The number of aromatic amines is 1. The van der Waals surface area contributed by atoms with Crippen LogP contribution in [0.1, 0.15) is 67.7 Å². The van der Waals surface area contributed by atoms with Gasteiger partial charge < -0.3 is 9.88 Å². The average molecular weight is 512 g/mol. The lowest BCUT2D eigenvalue weighted by molar-refractivity contribution is -0.141. The molecule has 1 fully saturated rings. The van der Waals surface area contributed by atoms with Crippen molar-refractivity contribution in [2.45, 2.75) is 51.1 Å². The molecule has 2 atom stereocenters. The number of carbonyl (C=O) groups excluding carboxylic acids is 1. The highest BCUT2D eigenvalue weighted by Crippen LogP contribution is 2.44. The van der Waals surface area contributed by atoms with Crippen LogP contribution in [0.2, 0.25) is 0 Å². The molecule has 1 aromatic carbocycles. The van der Waals surface area contributed by atoms with Crippen LogP contribution in [0, 0.1) is 5.92 Å². The van der Waals surface area contributed by atoms with Gasteiger partial charge in [0.2, 0.25) is 5.91 Å². The maximum atomic E-state index is 13.8. The molecule has 2 N–H and O–H groups in total. The van der Waals surface area contributed by atoms with E-state index < -0.39 is 17.8 Å². The van der Waals surface area contributed by atoms with Crippen LogP contribution >= 0.6 is 0 Å². The molecule has 11 heteroatoms. The number of carbonyl (C=O) groups is 1. The summed E-state index contributed by atoms with van der Waals surface area (Å²) in [7, 11) is 1.92. The lowest BCUT2D eigenvalue weighted by atomic mass is 9.72. The van der Waals surface area contributed by atoms with Crippen molar-refractivity contribution < 1.29 is 18.0 Å². The molecule has 3 heterocycles. The molecule has 5 rings (SSSR count). The summed E-state index contributed by atoms with van der Waals surface area (Å²) in [5, 5.41) is 18.8. The summed E-state index contributed by atoms with van der Waals surface area (Å²) in [6.45, 7) is 3.24. The average Bonchev–Trinajstić information content (AvgIpc) is 3.44. The number of rotatable bonds is 7. The molecule has 1 amide bonds. The Hall–Kier alpha value is -3.76. The highest BCUT2D eigenvalue weighted by Gasteiger charge is 2.35. The monoisotopic (exact) mass is 511 g/mol. The van der Waals surface area contributed by atoms with Gasteiger partial charge in [-0.05, 0) is 36.5 Å². The topological polar surface area (TPSA) is 101 Å². The molecule has 0 aliphatic heterocycles. The Kier molecular flexibility index (Phi) is 6.47. The Bertz CT molecular complexity index is 1440. The fraction of sp³-hybridized carbons (Fsp3) is 0.423. The van der Waals surface area contributed by atoms with E-state index in [1.165, 1.54) is 6.92 Å². The van der Waals surface area contributed by atoms with Crippen molar-refractivity contribution in [3.05, 3.63) is 59.4 Å². The summed E-state index contributed by atoms with van der Waals surface area (Å²) >= 11 is 0. The second kappa shape index (κ2) is 9.60. The van der Waals surface area contributed by atoms with Crippen molar-refractivity contribution in [1.82, 2.24) is 35.3 Å². The first kappa shape index (κ1) is 24.9. The van der Waals surface area contributed by atoms with E-state index >= 15 is 0 Å². The van der Waals surface area contributed by atoms with Crippen LogP contribution < -0.4 is 5.32 Å². The summed E-state index contributed by atoms with van der Waals surface area (Å²) in [6, 6.07) is 8.81. The van der Waals surface area contributed by atoms with Crippen molar-refractivity contribution in [3.63, 3.8) is 0 Å². The number of hydrogen-bond donors (Lipinski definition) is 2. The number of pyridine rings is 1. The Balaban J connectivity index is 1.61. The van der Waals surface area contributed by atoms with Crippen LogP contribution in [0.25, 0.3) is 22.2 Å². The third-order valence-corrected chi connectivity index (χ3v) is 7.16. The number of amides is 1. The largest absolute Gasteiger partial charge is 0.433 e. The van der Waals surface area contributed by atoms with Crippen LogP contribution in [-0.4, -0.2) is 42.4 Å². The third kappa shape index (κ3) is 4.82. The summed E-state index contributed by atoms with van der Waals surface area (Å²) in [6.07, 6.45) is 0.386. The zero-order valence-corrected chi connectivity index (χ0v) is 20.8. The highest BCUT2D eigenvalue weighted by molar-refractivity contribution is 5.94. The van der Waals surface area contributed by atoms with Crippen LogP contribution in [0.4, 0.5) is 13.2 Å². The maximum Gasteiger partial charge on any atom is 0.433 e. The molecule has 1 unspecified atom stereocenters. The smallest absolute Gasteiger partial charge is 0.356 e. The van der Waals surface area contributed by atoms with Gasteiger partial charge in [0.1, 0.15) is 23.5 Å². The number of alkyl halides is 3. The first-order valence-electron chi connectivity index (χ1n) is 12.3. The molecule has 1 saturated carbocycles. The minimum absolute atomic E-state index is 0.0343. The van der Waals surface area contributed by atoms with Gasteiger partial charge >= 0.3 is 6.18 Å². The predicted molar refractivity (Wildman–Crippen MR) is 132 cm³/mol. The molecular weight excluding hydrogens is 483 g/mol. The van der Waals surface area contributed by atoms with Crippen LogP contribution in [0.5, 0.6) is 0 Å². The van der Waals surface area contributed by atoms with Gasteiger partial charge in [-0.1, -0.05) is 31.5 Å². The Morgan fingerprint density at radius 1 is 1.27 bits per heavy atom. The zero-order valence-electron chi connectivity index (χ0n) is 20.8. The van der Waals surface area contributed by atoms with E-state index in [4.69, 9.17) is 0 Å². The van der Waals surface area contributed by atoms with E-state index in [9.17, 15) is 18.0 Å². The lowest BCUT2D eigenvalue weighted by Crippen LogP contribution is -2.25. The van der Waals surface area contributed by atoms with Crippen LogP contribution in [0.3, 0.4) is 0 Å². The van der Waals surface area contributed by atoms with Gasteiger partial charge in [-0.25, -0.2) is 4.98 Å². The van der Waals surface area contributed by atoms with Gasteiger partial charge in [0.15, 0.2) is 0 Å². The first-order valence-corrected chi connectivity index (χ1v) is 12.3. The lowest BCUT2D eigenvalue weighted by Gasteiger charge is -2.33. The van der Waals surface area contributed by atoms with E-state index in [2.05, 4.69) is 30.7 Å². The van der Waals surface area contributed by atoms with E-state index in [-0.39, 0.29) is 24.1 Å². The zero-order chi connectivity index (χ0) is 26.3. The number of aryl methyl sites for hydroxylation is 1. The summed E-state index contributed by atoms with van der Waals surface area (Å²) in [4.78, 5) is 15.3. The molecule has 0 bridgehead atoms. The SMILES string of the molecule is CC(=O)NC[C@H](C)c1nc(C(F)(F)F)cc2c(-c3cccc(C(c4nncn4C)C4CCC4)c3)n[nH]c12. The van der Waals surface area contributed by atoms with Gasteiger partial charge in [0.25, 0.3) is 0 Å². The third-order valence-electron chi connectivity index (χ3n) is 7.16. The first-order chi connectivity index (χ1) is 17.6. The van der Waals surface area contributed by atoms with E-state index in [1.807, 2.05) is 35.9 Å². The summed E-state index contributed by atoms with van der Waals surface area (Å²) in [5.74, 6) is 0.600. The van der Waals surface area contributed by atoms with Crippen molar-refractivity contribution in [2.24, 2.45) is 13.0 Å². The predicted octanol–water partition coefficient (Wildman–Crippen LogP) is 4.94. The number of benzene rings is 1. The number of nitrogens with zero attached hydrogens (tertiary/aromatic N) is 5. The normalized spacial score (nSPS) is 15.9. The number of nitrogens with one attached hydrogen (secondary N) is 2. The minimum Gasteiger partial charge on any atom is -0.356 e. The van der Waals surface area contributed by atoms with Crippen molar-refractivity contribution in [3.8, 4) is 11.3 Å². The number of aromatic nitrogens is 6. The molecule has 4 aromatic rings. The molecular formula is C26H28F3N7O. The molecule has 1 aliphatic rings. The Morgan fingerprint density at radius 3 is 2.68 bits per heavy atom. The van der Waals surface area contributed by atoms with E-state index in [0.717, 1.165) is 36.7 Å². The number of hydrogen-bond acceptors (Lipinski definition) is 5. The van der Waals surface area contributed by atoms with Gasteiger partial charge in [0.05, 0.1) is 11.2 Å². The summed E-state index contributed by atoms with van der Waals surface area (Å²) < 4.78 is 43.4. The molecule has 0 radical (unpaired) electrons. The standard InChI is InChI=1S/C26H28F3N7O/c1-14(12-30-15(2)37)22-24-19(11-20(32-22)26(27,28)29)23(33-34-24)18-9-5-8-17(10-18)21(16-6-4-7-16)25-35-31-13-36(25)3/h5,8-11,13-14,16,21H,4,6-7,12H2,1-3H3,(H,30,37)(H,33,34)/t14-,21?/m0/s1. The van der Waals surface area contributed by atoms with Crippen LogP contribution in [0.15, 0.2) is 36.7 Å². The summed E-state index contributed by atoms with van der Waals surface area (Å²) in [5.41, 5.74) is 1.79. The van der Waals surface area contributed by atoms with Gasteiger partial charge in [-0.3, -0.25) is 9.89 Å². The van der Waals surface area contributed by atoms with Gasteiger partial charge in [-0.15, -0.1) is 10.2 Å². The second-order valence-electron chi connectivity index (χ2n) is 9.82. The van der Waals surface area contributed by atoms with Crippen molar-refractivity contribution >= 4 is 16.8 Å². The Morgan fingerprint density at radius 2 is 2.05 bits per heavy atom. The molecule has 1 aliphatic carbocycles.